The van der Waals surface area contributed by atoms with Crippen molar-refractivity contribution in [2.24, 2.45) is 13.0 Å². The lowest BCUT2D eigenvalue weighted by molar-refractivity contribution is 0.0928. The van der Waals surface area contributed by atoms with Crippen LogP contribution in [0.3, 0.4) is 0 Å². The number of aromatic nitrogens is 2. The molecule has 2 aromatic rings. The number of pyridine rings is 2. The summed E-state index contributed by atoms with van der Waals surface area (Å²) in [6.07, 6.45) is 3.75. The number of hydrogen-bond acceptors (Lipinski definition) is 3. The fourth-order valence-electron chi connectivity index (χ4n) is 2.72. The standard InChI is InChI=1S/C18H21N3O2/c1-11-5-4-6-15(19-11)17(13-7-8-13)20-18(23)14-10-21(3)12(2)9-16(14)22/h4-6,9-10,13,17H,7-8H2,1-3H3,(H,20,23)/t17-/m1/s1. The van der Waals surface area contributed by atoms with Gasteiger partial charge in [-0.3, -0.25) is 14.6 Å². The summed E-state index contributed by atoms with van der Waals surface area (Å²) >= 11 is 0. The van der Waals surface area contributed by atoms with Gasteiger partial charge in [0.2, 0.25) is 0 Å². The van der Waals surface area contributed by atoms with E-state index in [2.05, 4.69) is 10.3 Å². The summed E-state index contributed by atoms with van der Waals surface area (Å²) in [4.78, 5) is 29.2. The van der Waals surface area contributed by atoms with Crippen molar-refractivity contribution in [3.63, 3.8) is 0 Å². The highest BCUT2D eigenvalue weighted by Crippen LogP contribution is 2.40. The predicted molar refractivity (Wildman–Crippen MR) is 88.3 cm³/mol. The van der Waals surface area contributed by atoms with Gasteiger partial charge in [-0.25, -0.2) is 0 Å². The van der Waals surface area contributed by atoms with Gasteiger partial charge >= 0.3 is 0 Å². The van der Waals surface area contributed by atoms with Crippen LogP contribution < -0.4 is 10.7 Å². The van der Waals surface area contributed by atoms with Crippen LogP contribution in [0.15, 0.2) is 35.3 Å². The Labute approximate surface area is 135 Å². The summed E-state index contributed by atoms with van der Waals surface area (Å²) in [5.41, 5.74) is 2.55. The Kier molecular flexibility index (Phi) is 4.03. The molecule has 5 nitrogen and oxygen atoms in total. The molecule has 2 heterocycles. The molecule has 0 unspecified atom stereocenters. The summed E-state index contributed by atoms with van der Waals surface area (Å²) < 4.78 is 1.79. The second-order valence-electron chi connectivity index (χ2n) is 6.30. The van der Waals surface area contributed by atoms with Crippen molar-refractivity contribution in [2.75, 3.05) is 0 Å². The number of hydrogen-bond donors (Lipinski definition) is 1. The van der Waals surface area contributed by atoms with Gasteiger partial charge in [-0.15, -0.1) is 0 Å². The Morgan fingerprint density at radius 1 is 1.35 bits per heavy atom. The van der Waals surface area contributed by atoms with Crippen LogP contribution >= 0.6 is 0 Å². The zero-order valence-corrected chi connectivity index (χ0v) is 13.7. The number of carbonyl (C=O) groups is 1. The van der Waals surface area contributed by atoms with Gasteiger partial charge in [0.1, 0.15) is 5.56 Å². The maximum atomic E-state index is 12.6. The molecule has 1 N–H and O–H groups in total. The van der Waals surface area contributed by atoms with E-state index in [1.54, 1.807) is 10.8 Å². The first-order valence-corrected chi connectivity index (χ1v) is 7.87. The van der Waals surface area contributed by atoms with Crippen LogP contribution in [0.4, 0.5) is 0 Å². The number of nitrogens with zero attached hydrogens (tertiary/aromatic N) is 2. The van der Waals surface area contributed by atoms with Gasteiger partial charge in [0.05, 0.1) is 11.7 Å². The van der Waals surface area contributed by atoms with E-state index in [-0.39, 0.29) is 22.9 Å². The maximum absolute atomic E-state index is 12.6. The Hall–Kier alpha value is -2.43. The van der Waals surface area contributed by atoms with Crippen LogP contribution in [-0.2, 0) is 7.05 Å². The van der Waals surface area contributed by atoms with E-state index in [0.717, 1.165) is 29.9 Å². The Morgan fingerprint density at radius 3 is 2.74 bits per heavy atom. The van der Waals surface area contributed by atoms with Gasteiger partial charge in [-0.1, -0.05) is 6.07 Å². The van der Waals surface area contributed by atoms with Crippen LogP contribution in [-0.4, -0.2) is 15.5 Å². The van der Waals surface area contributed by atoms with E-state index in [0.29, 0.717) is 5.92 Å². The number of aryl methyl sites for hydroxylation is 3. The Morgan fingerprint density at radius 2 is 2.09 bits per heavy atom. The third-order valence-electron chi connectivity index (χ3n) is 4.34. The van der Waals surface area contributed by atoms with Crippen molar-refractivity contribution in [3.8, 4) is 0 Å². The molecular formula is C18H21N3O2. The lowest BCUT2D eigenvalue weighted by atomic mass is 10.1. The lowest BCUT2D eigenvalue weighted by Crippen LogP contribution is -2.34. The molecule has 1 aliphatic rings. The molecule has 0 spiro atoms. The van der Waals surface area contributed by atoms with Crippen LogP contribution in [0, 0.1) is 19.8 Å². The van der Waals surface area contributed by atoms with E-state index >= 15 is 0 Å². The molecule has 1 fully saturated rings. The first kappa shape index (κ1) is 15.5. The van der Waals surface area contributed by atoms with Gasteiger partial charge in [-0.05, 0) is 44.7 Å². The van der Waals surface area contributed by atoms with E-state index < -0.39 is 0 Å². The van der Waals surface area contributed by atoms with Gasteiger partial charge in [0, 0.05) is 30.7 Å². The van der Waals surface area contributed by atoms with Crippen molar-refractivity contribution >= 4 is 5.91 Å². The van der Waals surface area contributed by atoms with Crippen molar-refractivity contribution in [1.29, 1.82) is 0 Å². The van der Waals surface area contributed by atoms with Crippen LogP contribution in [0.25, 0.3) is 0 Å². The van der Waals surface area contributed by atoms with Crippen LogP contribution in [0.2, 0.25) is 0 Å². The quantitative estimate of drug-likeness (QED) is 0.942. The molecule has 0 aromatic carbocycles. The van der Waals surface area contributed by atoms with Crippen molar-refractivity contribution in [1.82, 2.24) is 14.9 Å². The molecule has 0 aliphatic heterocycles. The summed E-state index contributed by atoms with van der Waals surface area (Å²) in [5, 5.41) is 3.01. The summed E-state index contributed by atoms with van der Waals surface area (Å²) in [5.74, 6) is 0.0772. The molecule has 0 radical (unpaired) electrons. The average Bonchev–Trinajstić information content (AvgIpc) is 3.33. The van der Waals surface area contributed by atoms with Gasteiger partial charge in [0.15, 0.2) is 5.43 Å². The molecule has 1 aliphatic carbocycles. The van der Waals surface area contributed by atoms with E-state index in [9.17, 15) is 9.59 Å². The van der Waals surface area contributed by atoms with Crippen LogP contribution in [0.5, 0.6) is 0 Å². The van der Waals surface area contributed by atoms with Crippen LogP contribution in [0.1, 0.15) is 46.3 Å². The fraction of sp³-hybridized carbons (Fsp3) is 0.389. The number of nitrogens with one attached hydrogen (secondary N) is 1. The lowest BCUT2D eigenvalue weighted by Gasteiger charge is -2.18. The van der Waals surface area contributed by atoms with Gasteiger partial charge < -0.3 is 9.88 Å². The molecule has 1 amide bonds. The monoisotopic (exact) mass is 311 g/mol. The summed E-state index contributed by atoms with van der Waals surface area (Å²) in [6.45, 7) is 3.78. The summed E-state index contributed by atoms with van der Waals surface area (Å²) in [6, 6.07) is 7.18. The zero-order valence-electron chi connectivity index (χ0n) is 13.7. The SMILES string of the molecule is Cc1cccc([C@H](NC(=O)c2cn(C)c(C)cc2=O)C2CC2)n1. The molecule has 1 saturated carbocycles. The third-order valence-corrected chi connectivity index (χ3v) is 4.34. The van der Waals surface area contributed by atoms with Gasteiger partial charge in [-0.2, -0.15) is 0 Å². The highest BCUT2D eigenvalue weighted by molar-refractivity contribution is 5.94. The molecule has 0 saturated heterocycles. The van der Waals surface area contributed by atoms with Crippen molar-refractivity contribution in [3.05, 3.63) is 63.3 Å². The van der Waals surface area contributed by atoms with E-state index in [1.807, 2.05) is 39.1 Å². The second kappa shape index (κ2) is 5.99. The first-order valence-electron chi connectivity index (χ1n) is 7.87. The minimum Gasteiger partial charge on any atom is -0.354 e. The molecule has 5 heteroatoms. The zero-order chi connectivity index (χ0) is 16.6. The number of rotatable bonds is 4. The smallest absolute Gasteiger partial charge is 0.257 e. The molecule has 0 bridgehead atoms. The van der Waals surface area contributed by atoms with Gasteiger partial charge in [0.25, 0.3) is 5.91 Å². The average molecular weight is 311 g/mol. The largest absolute Gasteiger partial charge is 0.354 e. The van der Waals surface area contributed by atoms with Crippen molar-refractivity contribution in [2.45, 2.75) is 32.7 Å². The predicted octanol–water partition coefficient (Wildman–Crippen LogP) is 2.28. The Bertz CT molecular complexity index is 806. The fourth-order valence-corrected chi connectivity index (χ4v) is 2.72. The number of carbonyl (C=O) groups excluding carboxylic acids is 1. The minimum absolute atomic E-state index is 0.131. The molecule has 23 heavy (non-hydrogen) atoms. The summed E-state index contributed by atoms with van der Waals surface area (Å²) in [7, 11) is 1.83. The molecule has 1 atom stereocenters. The molecule has 3 rings (SSSR count). The second-order valence-corrected chi connectivity index (χ2v) is 6.30. The molecule has 2 aromatic heterocycles. The highest BCUT2D eigenvalue weighted by Gasteiger charge is 2.34. The third kappa shape index (κ3) is 3.33. The first-order chi connectivity index (χ1) is 11.0. The van der Waals surface area contributed by atoms with E-state index in [1.165, 1.54) is 6.07 Å². The highest BCUT2D eigenvalue weighted by atomic mass is 16.2. The Balaban J connectivity index is 1.88. The molecule has 120 valence electrons. The minimum atomic E-state index is -0.328. The normalized spacial score (nSPS) is 15.3. The van der Waals surface area contributed by atoms with E-state index in [4.69, 9.17) is 0 Å². The maximum Gasteiger partial charge on any atom is 0.257 e. The topological polar surface area (TPSA) is 64.0 Å². The molecular weight excluding hydrogens is 290 g/mol. The number of amides is 1. The van der Waals surface area contributed by atoms with Crippen molar-refractivity contribution < 1.29 is 4.79 Å².